The van der Waals surface area contributed by atoms with Crippen molar-refractivity contribution in [2.75, 3.05) is 32.8 Å². The molecule has 0 atom stereocenters. The van der Waals surface area contributed by atoms with Gasteiger partial charge in [0.25, 0.3) is 0 Å². The van der Waals surface area contributed by atoms with Crippen molar-refractivity contribution in [3.05, 3.63) is 0 Å². The lowest BCUT2D eigenvalue weighted by Crippen LogP contribution is -2.30. The molecule has 0 heterocycles. The number of nitrogens with zero attached hydrogens (tertiary/aromatic N) is 1. The van der Waals surface area contributed by atoms with Gasteiger partial charge in [0.05, 0.1) is 13.2 Å². The second-order valence-electron chi connectivity index (χ2n) is 4.21. The van der Waals surface area contributed by atoms with Gasteiger partial charge in [0.2, 0.25) is 0 Å². The number of hydrogen-bond donors (Lipinski definition) is 2. The van der Waals surface area contributed by atoms with Crippen LogP contribution in [0.4, 0.5) is 0 Å². The fourth-order valence-corrected chi connectivity index (χ4v) is 1.22. The minimum Gasteiger partial charge on any atom is -0.395 e. The number of rotatable bonds is 8. The van der Waals surface area contributed by atoms with Crippen molar-refractivity contribution in [3.8, 4) is 0 Å². The largest absolute Gasteiger partial charge is 0.395 e. The quantitative estimate of drug-likeness (QED) is 0.675. The zero-order valence-corrected chi connectivity index (χ0v) is 11.6. The summed E-state index contributed by atoms with van der Waals surface area (Å²) in [5, 5.41) is 17.1. The molecule has 0 aliphatic rings. The smallest absolute Gasteiger partial charge is 0.0558 e. The molecule has 0 saturated heterocycles. The summed E-state index contributed by atoms with van der Waals surface area (Å²) < 4.78 is 0. The van der Waals surface area contributed by atoms with E-state index in [0.717, 1.165) is 18.9 Å². The van der Waals surface area contributed by atoms with Gasteiger partial charge >= 0.3 is 0 Å². The van der Waals surface area contributed by atoms with E-state index in [9.17, 15) is 0 Å². The van der Waals surface area contributed by atoms with Crippen LogP contribution in [0.5, 0.6) is 0 Å². The third-order valence-corrected chi connectivity index (χ3v) is 2.77. The predicted octanol–water partition coefficient (Wildman–Crippen LogP) is 2.13. The van der Waals surface area contributed by atoms with Crippen molar-refractivity contribution in [2.24, 2.45) is 5.92 Å². The van der Waals surface area contributed by atoms with Crippen molar-refractivity contribution in [2.45, 2.75) is 47.0 Å². The molecule has 0 fully saturated rings. The van der Waals surface area contributed by atoms with E-state index in [1.165, 1.54) is 12.8 Å². The molecule has 0 aromatic heterocycles. The topological polar surface area (TPSA) is 43.7 Å². The van der Waals surface area contributed by atoms with Crippen LogP contribution in [0.3, 0.4) is 0 Å². The van der Waals surface area contributed by atoms with Crippen LogP contribution in [-0.2, 0) is 0 Å². The van der Waals surface area contributed by atoms with E-state index < -0.39 is 0 Å². The van der Waals surface area contributed by atoms with Gasteiger partial charge in [-0.3, -0.25) is 4.90 Å². The molecule has 16 heavy (non-hydrogen) atoms. The zero-order valence-electron chi connectivity index (χ0n) is 11.6. The molecule has 0 rings (SSSR count). The number of hydrogen-bond acceptors (Lipinski definition) is 3. The second kappa shape index (κ2) is 14.9. The third kappa shape index (κ3) is 13.9. The van der Waals surface area contributed by atoms with E-state index in [1.54, 1.807) is 0 Å². The highest BCUT2D eigenvalue weighted by Gasteiger charge is 1.99. The first-order valence-electron chi connectivity index (χ1n) is 6.60. The van der Waals surface area contributed by atoms with Crippen molar-refractivity contribution in [1.82, 2.24) is 4.90 Å². The van der Waals surface area contributed by atoms with E-state index in [1.807, 2.05) is 4.90 Å². The third-order valence-electron chi connectivity index (χ3n) is 2.77. The van der Waals surface area contributed by atoms with Gasteiger partial charge in [0, 0.05) is 13.1 Å². The monoisotopic (exact) mass is 233 g/mol. The average molecular weight is 233 g/mol. The molecule has 3 heteroatoms. The lowest BCUT2D eigenvalue weighted by molar-refractivity contribution is 0.161. The van der Waals surface area contributed by atoms with Gasteiger partial charge < -0.3 is 10.2 Å². The van der Waals surface area contributed by atoms with Crippen molar-refractivity contribution >= 4 is 0 Å². The van der Waals surface area contributed by atoms with Crippen molar-refractivity contribution in [3.63, 3.8) is 0 Å². The Morgan fingerprint density at radius 3 is 1.50 bits per heavy atom. The SMILES string of the molecule is CCC(C)CC.CCCN(CCO)CCO. The molecule has 0 radical (unpaired) electrons. The zero-order chi connectivity index (χ0) is 12.8. The van der Waals surface area contributed by atoms with Gasteiger partial charge in [0.1, 0.15) is 0 Å². The van der Waals surface area contributed by atoms with Crippen LogP contribution >= 0.6 is 0 Å². The first-order valence-corrected chi connectivity index (χ1v) is 6.60. The maximum atomic E-state index is 8.57. The highest BCUT2D eigenvalue weighted by atomic mass is 16.3. The van der Waals surface area contributed by atoms with Crippen LogP contribution in [-0.4, -0.2) is 48.0 Å². The molecule has 0 aromatic rings. The van der Waals surface area contributed by atoms with Crippen LogP contribution in [0.25, 0.3) is 0 Å². The standard InChI is InChI=1S/C7H17NO2.C6H14/c1-2-3-8(4-6-9)5-7-10;1-4-6(3)5-2/h9-10H,2-7H2,1H3;6H,4-5H2,1-3H3. The maximum absolute atomic E-state index is 8.57. The molecule has 0 saturated carbocycles. The molecule has 0 aromatic carbocycles. The predicted molar refractivity (Wildman–Crippen MR) is 70.6 cm³/mol. The molecule has 0 unspecified atom stereocenters. The van der Waals surface area contributed by atoms with Crippen LogP contribution in [0, 0.1) is 5.92 Å². The minimum atomic E-state index is 0.181. The number of aliphatic hydroxyl groups excluding tert-OH is 2. The molecule has 2 N–H and O–H groups in total. The van der Waals surface area contributed by atoms with Crippen molar-refractivity contribution in [1.29, 1.82) is 0 Å². The Bertz CT molecular complexity index is 102. The molecule has 0 bridgehead atoms. The molecular formula is C13H31NO2. The van der Waals surface area contributed by atoms with E-state index in [-0.39, 0.29) is 13.2 Å². The first-order chi connectivity index (χ1) is 7.65. The Kier molecular flexibility index (Phi) is 17.0. The molecule has 0 amide bonds. The molecule has 3 nitrogen and oxygen atoms in total. The van der Waals surface area contributed by atoms with Crippen LogP contribution < -0.4 is 0 Å². The molecule has 0 aliphatic heterocycles. The minimum absolute atomic E-state index is 0.181. The summed E-state index contributed by atoms with van der Waals surface area (Å²) in [6, 6.07) is 0. The average Bonchev–Trinajstić information content (AvgIpc) is 2.30. The van der Waals surface area contributed by atoms with Gasteiger partial charge in [-0.15, -0.1) is 0 Å². The molecular weight excluding hydrogens is 202 g/mol. The summed E-state index contributed by atoms with van der Waals surface area (Å²) in [5.41, 5.74) is 0. The Hall–Kier alpha value is -0.120. The van der Waals surface area contributed by atoms with Crippen molar-refractivity contribution < 1.29 is 10.2 Å². The molecule has 100 valence electrons. The van der Waals surface area contributed by atoms with Gasteiger partial charge in [-0.1, -0.05) is 40.5 Å². The van der Waals surface area contributed by atoms with E-state index in [0.29, 0.717) is 13.1 Å². The summed E-state index contributed by atoms with van der Waals surface area (Å²) in [4.78, 5) is 2.04. The van der Waals surface area contributed by atoms with E-state index in [2.05, 4.69) is 27.7 Å². The van der Waals surface area contributed by atoms with E-state index >= 15 is 0 Å². The Balaban J connectivity index is 0. The second-order valence-corrected chi connectivity index (χ2v) is 4.21. The lowest BCUT2D eigenvalue weighted by Gasteiger charge is -2.18. The Labute approximate surface area is 101 Å². The Morgan fingerprint density at radius 2 is 1.31 bits per heavy atom. The highest BCUT2D eigenvalue weighted by Crippen LogP contribution is 2.02. The first kappa shape index (κ1) is 18.3. The summed E-state index contributed by atoms with van der Waals surface area (Å²) >= 11 is 0. The van der Waals surface area contributed by atoms with Crippen LogP contribution in [0.2, 0.25) is 0 Å². The lowest BCUT2D eigenvalue weighted by atomic mass is 10.1. The molecule has 0 aliphatic carbocycles. The summed E-state index contributed by atoms with van der Waals surface area (Å²) in [6.45, 7) is 11.5. The summed E-state index contributed by atoms with van der Waals surface area (Å²) in [5.74, 6) is 0.935. The van der Waals surface area contributed by atoms with E-state index in [4.69, 9.17) is 10.2 Å². The summed E-state index contributed by atoms with van der Waals surface area (Å²) in [7, 11) is 0. The normalized spacial score (nSPS) is 10.5. The van der Waals surface area contributed by atoms with Gasteiger partial charge in [0.15, 0.2) is 0 Å². The maximum Gasteiger partial charge on any atom is 0.0558 e. The van der Waals surface area contributed by atoms with Gasteiger partial charge in [-0.2, -0.15) is 0 Å². The Morgan fingerprint density at radius 1 is 0.875 bits per heavy atom. The summed E-state index contributed by atoms with van der Waals surface area (Å²) in [6.07, 6.45) is 3.73. The highest BCUT2D eigenvalue weighted by molar-refractivity contribution is 4.53. The van der Waals surface area contributed by atoms with Crippen LogP contribution in [0.1, 0.15) is 47.0 Å². The van der Waals surface area contributed by atoms with Gasteiger partial charge in [-0.25, -0.2) is 0 Å². The number of aliphatic hydroxyl groups is 2. The van der Waals surface area contributed by atoms with Crippen LogP contribution in [0.15, 0.2) is 0 Å². The fourth-order valence-electron chi connectivity index (χ4n) is 1.22. The van der Waals surface area contributed by atoms with Gasteiger partial charge in [-0.05, 0) is 18.9 Å². The molecule has 0 spiro atoms. The fraction of sp³-hybridized carbons (Fsp3) is 1.00.